The maximum absolute atomic E-state index is 9.27. The molecule has 0 fully saturated rings. The lowest BCUT2D eigenvalue weighted by molar-refractivity contribution is 0.444. The van der Waals surface area contributed by atoms with Gasteiger partial charge in [0.1, 0.15) is 5.01 Å². The third-order valence-electron chi connectivity index (χ3n) is 1.63. The third-order valence-corrected chi connectivity index (χ3v) is 3.45. The second kappa shape index (κ2) is 4.59. The molecule has 0 aliphatic carbocycles. The van der Waals surface area contributed by atoms with Gasteiger partial charge in [0.25, 0.3) is 0 Å². The molecule has 0 saturated carbocycles. The van der Waals surface area contributed by atoms with Crippen molar-refractivity contribution in [1.82, 2.24) is 15.0 Å². The predicted molar refractivity (Wildman–Crippen MR) is 60.1 cm³/mol. The van der Waals surface area contributed by atoms with E-state index in [1.54, 1.807) is 17.5 Å². The van der Waals surface area contributed by atoms with Crippen molar-refractivity contribution in [2.24, 2.45) is 0 Å². The Morgan fingerprint density at radius 3 is 3.00 bits per heavy atom. The van der Waals surface area contributed by atoms with Gasteiger partial charge in [-0.05, 0) is 6.92 Å². The average Bonchev–Trinajstić information content (AvgIpc) is 2.65. The van der Waals surface area contributed by atoms with E-state index in [-0.39, 0.29) is 5.88 Å². The largest absolute Gasteiger partial charge is 0.493 e. The maximum atomic E-state index is 9.27. The Labute approximate surface area is 95.4 Å². The first kappa shape index (κ1) is 10.4. The molecule has 0 atom stereocenters. The number of nitrogens with zero attached hydrogens (tertiary/aromatic N) is 3. The van der Waals surface area contributed by atoms with Crippen LogP contribution in [0.5, 0.6) is 5.88 Å². The molecule has 2 aromatic heterocycles. The first-order valence-corrected chi connectivity index (χ1v) is 6.16. The Kier molecular flexibility index (Phi) is 3.17. The van der Waals surface area contributed by atoms with E-state index in [0.717, 1.165) is 16.5 Å². The number of rotatable bonds is 3. The molecule has 0 aromatic carbocycles. The topological polar surface area (TPSA) is 58.9 Å². The lowest BCUT2D eigenvalue weighted by Gasteiger charge is -2.00. The minimum Gasteiger partial charge on any atom is -0.493 e. The molecule has 0 amide bonds. The van der Waals surface area contributed by atoms with Crippen molar-refractivity contribution in [3.63, 3.8) is 0 Å². The van der Waals surface area contributed by atoms with Crippen LogP contribution in [0.3, 0.4) is 0 Å². The molecule has 0 bridgehead atoms. The molecule has 0 unspecified atom stereocenters. The van der Waals surface area contributed by atoms with E-state index < -0.39 is 0 Å². The van der Waals surface area contributed by atoms with E-state index in [4.69, 9.17) is 0 Å². The second-order valence-electron chi connectivity index (χ2n) is 2.86. The minimum atomic E-state index is 0.0177. The summed E-state index contributed by atoms with van der Waals surface area (Å²) in [5.41, 5.74) is 0.768. The lowest BCUT2D eigenvalue weighted by atomic mass is 10.4. The van der Waals surface area contributed by atoms with Crippen molar-refractivity contribution in [3.8, 4) is 5.88 Å². The molecule has 0 saturated heterocycles. The normalized spacial score (nSPS) is 10.5. The number of hydrogen-bond donors (Lipinski definition) is 1. The third kappa shape index (κ3) is 2.90. The van der Waals surface area contributed by atoms with Gasteiger partial charge in [-0.3, -0.25) is 0 Å². The van der Waals surface area contributed by atoms with E-state index >= 15 is 0 Å². The summed E-state index contributed by atoms with van der Waals surface area (Å²) in [6.45, 7) is 1.83. The van der Waals surface area contributed by atoms with Gasteiger partial charge in [0.05, 0.1) is 5.75 Å². The maximum Gasteiger partial charge on any atom is 0.215 e. The number of aromatic nitrogens is 3. The molecule has 1 N–H and O–H groups in total. The van der Waals surface area contributed by atoms with Gasteiger partial charge in [-0.2, -0.15) is 4.98 Å². The Hall–Kier alpha value is -1.14. The molecule has 6 heteroatoms. The van der Waals surface area contributed by atoms with Crippen LogP contribution in [-0.4, -0.2) is 20.1 Å². The highest BCUT2D eigenvalue weighted by atomic mass is 32.2. The molecular weight excluding hydrogens is 230 g/mol. The summed E-state index contributed by atoms with van der Waals surface area (Å²) in [5.74, 6) is 0.754. The molecule has 0 aliphatic heterocycles. The smallest absolute Gasteiger partial charge is 0.215 e. The van der Waals surface area contributed by atoms with E-state index in [1.165, 1.54) is 17.8 Å². The highest BCUT2D eigenvalue weighted by Gasteiger charge is 2.03. The Balaban J connectivity index is 2.05. The fraction of sp³-hybridized carbons (Fsp3) is 0.222. The molecule has 2 heterocycles. The summed E-state index contributed by atoms with van der Waals surface area (Å²) in [4.78, 5) is 12.3. The van der Waals surface area contributed by atoms with E-state index in [2.05, 4.69) is 15.0 Å². The van der Waals surface area contributed by atoms with Crippen molar-refractivity contribution in [3.05, 3.63) is 28.3 Å². The van der Waals surface area contributed by atoms with Gasteiger partial charge < -0.3 is 5.11 Å². The number of hydrogen-bond acceptors (Lipinski definition) is 6. The Morgan fingerprint density at radius 1 is 1.47 bits per heavy atom. The fourth-order valence-electron chi connectivity index (χ4n) is 1.04. The number of thiazole rings is 1. The molecule has 0 aliphatic rings. The van der Waals surface area contributed by atoms with Crippen LogP contribution in [0.15, 0.2) is 22.8 Å². The van der Waals surface area contributed by atoms with E-state index in [9.17, 15) is 5.11 Å². The van der Waals surface area contributed by atoms with E-state index in [1.807, 2.05) is 12.3 Å². The molecule has 15 heavy (non-hydrogen) atoms. The van der Waals surface area contributed by atoms with Crippen molar-refractivity contribution in [2.75, 3.05) is 0 Å². The van der Waals surface area contributed by atoms with Crippen LogP contribution in [0.2, 0.25) is 0 Å². The minimum absolute atomic E-state index is 0.0177. The summed E-state index contributed by atoms with van der Waals surface area (Å²) >= 11 is 3.07. The van der Waals surface area contributed by atoms with Gasteiger partial charge in [-0.25, -0.2) is 9.97 Å². The van der Waals surface area contributed by atoms with Gasteiger partial charge in [0.15, 0.2) is 5.16 Å². The van der Waals surface area contributed by atoms with Crippen LogP contribution >= 0.6 is 23.1 Å². The molecule has 0 radical (unpaired) electrons. The molecular formula is C9H9N3OS2. The molecule has 2 aromatic rings. The number of thioether (sulfide) groups is 1. The van der Waals surface area contributed by atoms with Crippen molar-refractivity contribution in [2.45, 2.75) is 17.8 Å². The summed E-state index contributed by atoms with van der Waals surface area (Å²) in [6, 6.07) is 1.54. The number of aryl methyl sites for hydroxylation is 1. The zero-order chi connectivity index (χ0) is 10.7. The molecule has 0 spiro atoms. The van der Waals surface area contributed by atoms with Gasteiger partial charge in [0.2, 0.25) is 5.88 Å². The first-order chi connectivity index (χ1) is 7.24. The summed E-state index contributed by atoms with van der Waals surface area (Å²) in [5, 5.41) is 12.8. The summed E-state index contributed by atoms with van der Waals surface area (Å²) < 4.78 is 0. The van der Waals surface area contributed by atoms with Gasteiger partial charge in [-0.15, -0.1) is 11.3 Å². The predicted octanol–water partition coefficient (Wildman–Crippen LogP) is 2.24. The molecule has 4 nitrogen and oxygen atoms in total. The Morgan fingerprint density at radius 2 is 2.33 bits per heavy atom. The van der Waals surface area contributed by atoms with Crippen LogP contribution in [0.4, 0.5) is 0 Å². The monoisotopic (exact) mass is 239 g/mol. The summed E-state index contributed by atoms with van der Waals surface area (Å²) in [7, 11) is 0. The first-order valence-electron chi connectivity index (χ1n) is 4.30. The second-order valence-corrected chi connectivity index (χ2v) is 4.79. The van der Waals surface area contributed by atoms with E-state index in [0.29, 0.717) is 5.16 Å². The SMILES string of the molecule is Cc1cc(O)nc(SCc2nccs2)n1. The molecule has 78 valence electrons. The quantitative estimate of drug-likeness (QED) is 0.657. The highest BCUT2D eigenvalue weighted by Crippen LogP contribution is 2.22. The van der Waals surface area contributed by atoms with Crippen LogP contribution in [0.25, 0.3) is 0 Å². The Bertz CT molecular complexity index is 424. The highest BCUT2D eigenvalue weighted by molar-refractivity contribution is 7.98. The zero-order valence-corrected chi connectivity index (χ0v) is 9.68. The molecule has 2 rings (SSSR count). The van der Waals surface area contributed by atoms with Crippen LogP contribution in [0, 0.1) is 6.92 Å². The van der Waals surface area contributed by atoms with Crippen LogP contribution in [0.1, 0.15) is 10.7 Å². The van der Waals surface area contributed by atoms with Gasteiger partial charge in [0, 0.05) is 23.3 Å². The standard InChI is InChI=1S/C9H9N3OS2/c1-6-4-7(13)12-9(11-6)15-5-8-10-2-3-14-8/h2-4H,5H2,1H3,(H,11,12,13). The number of aromatic hydroxyl groups is 1. The summed E-state index contributed by atoms with van der Waals surface area (Å²) in [6.07, 6.45) is 1.77. The van der Waals surface area contributed by atoms with Crippen molar-refractivity contribution in [1.29, 1.82) is 0 Å². The van der Waals surface area contributed by atoms with Gasteiger partial charge >= 0.3 is 0 Å². The van der Waals surface area contributed by atoms with Gasteiger partial charge in [-0.1, -0.05) is 11.8 Å². The van der Waals surface area contributed by atoms with Crippen LogP contribution < -0.4 is 0 Å². The zero-order valence-electron chi connectivity index (χ0n) is 8.04. The lowest BCUT2D eigenvalue weighted by Crippen LogP contribution is -1.90. The van der Waals surface area contributed by atoms with Crippen molar-refractivity contribution < 1.29 is 5.11 Å². The average molecular weight is 239 g/mol. The van der Waals surface area contributed by atoms with Crippen LogP contribution in [-0.2, 0) is 5.75 Å². The fourth-order valence-corrected chi connectivity index (χ4v) is 2.58. The van der Waals surface area contributed by atoms with Crippen molar-refractivity contribution >= 4 is 23.1 Å².